The van der Waals surface area contributed by atoms with Crippen LogP contribution in [-0.4, -0.2) is 25.9 Å². The van der Waals surface area contributed by atoms with Crippen molar-refractivity contribution in [3.05, 3.63) is 27.7 Å². The molecule has 0 aromatic heterocycles. The van der Waals surface area contributed by atoms with Gasteiger partial charge in [-0.2, -0.15) is 0 Å². The van der Waals surface area contributed by atoms with Crippen LogP contribution in [0.5, 0.6) is 5.75 Å². The van der Waals surface area contributed by atoms with Crippen molar-refractivity contribution in [2.75, 3.05) is 19.8 Å². The van der Waals surface area contributed by atoms with Crippen molar-refractivity contribution in [2.24, 2.45) is 0 Å². The number of halogens is 1. The van der Waals surface area contributed by atoms with Gasteiger partial charge < -0.3 is 14.8 Å². The average Bonchev–Trinajstić information content (AvgIpc) is 2.85. The van der Waals surface area contributed by atoms with Crippen LogP contribution in [0.2, 0.25) is 0 Å². The molecular weight excluding hydrogens is 294 g/mol. The van der Waals surface area contributed by atoms with E-state index in [9.17, 15) is 0 Å². The van der Waals surface area contributed by atoms with Gasteiger partial charge in [0.05, 0.1) is 13.2 Å². The van der Waals surface area contributed by atoms with Crippen LogP contribution in [0.25, 0.3) is 0 Å². The van der Waals surface area contributed by atoms with Gasteiger partial charge in [0.1, 0.15) is 5.75 Å². The highest BCUT2D eigenvalue weighted by molar-refractivity contribution is 9.10. The summed E-state index contributed by atoms with van der Waals surface area (Å²) < 4.78 is 12.4. The number of hydrogen-bond donors (Lipinski definition) is 1. The number of benzene rings is 1. The molecule has 1 unspecified atom stereocenters. The zero-order valence-electron chi connectivity index (χ0n) is 10.4. The monoisotopic (exact) mass is 311 g/mol. The van der Waals surface area contributed by atoms with E-state index >= 15 is 0 Å². The molecule has 2 heterocycles. The standard InChI is InChI=1S/C14H18BrNO2/c15-12-6-10-3-5-18-14(10)11(7-12)8-16-13-2-1-4-17-9-13/h6-7,13,16H,1-5,8-9H2. The van der Waals surface area contributed by atoms with Crippen LogP contribution >= 0.6 is 15.9 Å². The van der Waals surface area contributed by atoms with Crippen LogP contribution < -0.4 is 10.1 Å². The summed E-state index contributed by atoms with van der Waals surface area (Å²) >= 11 is 3.57. The first-order valence-electron chi connectivity index (χ1n) is 6.58. The Morgan fingerprint density at radius 1 is 1.33 bits per heavy atom. The minimum Gasteiger partial charge on any atom is -0.493 e. The van der Waals surface area contributed by atoms with Gasteiger partial charge in [-0.1, -0.05) is 15.9 Å². The van der Waals surface area contributed by atoms with Gasteiger partial charge in [0.25, 0.3) is 0 Å². The van der Waals surface area contributed by atoms with Crippen LogP contribution in [0.15, 0.2) is 16.6 Å². The molecule has 4 heteroatoms. The second-order valence-corrected chi connectivity index (χ2v) is 5.86. The van der Waals surface area contributed by atoms with Crippen molar-refractivity contribution in [3.63, 3.8) is 0 Å². The first-order chi connectivity index (χ1) is 8.83. The number of hydrogen-bond acceptors (Lipinski definition) is 3. The van der Waals surface area contributed by atoms with Crippen molar-refractivity contribution >= 4 is 15.9 Å². The molecule has 0 radical (unpaired) electrons. The summed E-state index contributed by atoms with van der Waals surface area (Å²) in [6.45, 7) is 3.41. The molecular formula is C14H18BrNO2. The topological polar surface area (TPSA) is 30.5 Å². The molecule has 0 saturated carbocycles. The summed E-state index contributed by atoms with van der Waals surface area (Å²) in [4.78, 5) is 0. The molecule has 2 aliphatic heterocycles. The Hall–Kier alpha value is -0.580. The first kappa shape index (κ1) is 12.5. The average molecular weight is 312 g/mol. The highest BCUT2D eigenvalue weighted by atomic mass is 79.9. The lowest BCUT2D eigenvalue weighted by atomic mass is 10.1. The molecule has 98 valence electrons. The number of rotatable bonds is 3. The molecule has 0 amide bonds. The van der Waals surface area contributed by atoms with Crippen LogP contribution in [0, 0.1) is 0 Å². The van der Waals surface area contributed by atoms with E-state index in [1.54, 1.807) is 0 Å². The number of nitrogens with one attached hydrogen (secondary N) is 1. The minimum absolute atomic E-state index is 0.481. The maximum absolute atomic E-state index is 5.73. The van der Waals surface area contributed by atoms with Gasteiger partial charge in [0, 0.05) is 35.7 Å². The molecule has 1 aromatic rings. The Balaban J connectivity index is 1.68. The second-order valence-electron chi connectivity index (χ2n) is 4.95. The Morgan fingerprint density at radius 3 is 3.11 bits per heavy atom. The van der Waals surface area contributed by atoms with Gasteiger partial charge in [0.15, 0.2) is 0 Å². The van der Waals surface area contributed by atoms with Gasteiger partial charge in [-0.3, -0.25) is 0 Å². The van der Waals surface area contributed by atoms with Crippen LogP contribution in [0.1, 0.15) is 24.0 Å². The van der Waals surface area contributed by atoms with Crippen molar-refractivity contribution < 1.29 is 9.47 Å². The predicted molar refractivity (Wildman–Crippen MR) is 74.0 cm³/mol. The lowest BCUT2D eigenvalue weighted by molar-refractivity contribution is 0.0698. The smallest absolute Gasteiger partial charge is 0.127 e. The van der Waals surface area contributed by atoms with Crippen molar-refractivity contribution in [1.29, 1.82) is 0 Å². The summed E-state index contributed by atoms with van der Waals surface area (Å²) in [7, 11) is 0. The molecule has 18 heavy (non-hydrogen) atoms. The molecule has 1 fully saturated rings. The molecule has 0 bridgehead atoms. The van der Waals surface area contributed by atoms with Gasteiger partial charge in [-0.25, -0.2) is 0 Å². The Bertz CT molecular complexity index is 430. The summed E-state index contributed by atoms with van der Waals surface area (Å²) in [5.41, 5.74) is 2.57. The van der Waals surface area contributed by atoms with Gasteiger partial charge >= 0.3 is 0 Å². The fourth-order valence-corrected chi connectivity index (χ4v) is 3.19. The number of ether oxygens (including phenoxy) is 2. The van der Waals surface area contributed by atoms with E-state index in [2.05, 4.69) is 33.4 Å². The third-order valence-electron chi connectivity index (χ3n) is 3.57. The fraction of sp³-hybridized carbons (Fsp3) is 0.571. The zero-order valence-corrected chi connectivity index (χ0v) is 12.0. The predicted octanol–water partition coefficient (Wildman–Crippen LogP) is 2.65. The summed E-state index contributed by atoms with van der Waals surface area (Å²) in [5, 5.41) is 3.57. The van der Waals surface area contributed by atoms with Crippen LogP contribution in [0.4, 0.5) is 0 Å². The maximum Gasteiger partial charge on any atom is 0.127 e. The quantitative estimate of drug-likeness (QED) is 0.931. The third kappa shape index (κ3) is 2.71. The Morgan fingerprint density at radius 2 is 2.28 bits per heavy atom. The third-order valence-corrected chi connectivity index (χ3v) is 4.02. The summed E-state index contributed by atoms with van der Waals surface area (Å²) in [6, 6.07) is 4.80. The van der Waals surface area contributed by atoms with E-state index in [1.165, 1.54) is 17.5 Å². The van der Waals surface area contributed by atoms with E-state index in [4.69, 9.17) is 9.47 Å². The maximum atomic E-state index is 5.73. The molecule has 0 spiro atoms. The summed E-state index contributed by atoms with van der Waals surface area (Å²) in [5.74, 6) is 1.09. The SMILES string of the molecule is Brc1cc2c(c(CNC3CCCOC3)c1)OCC2. The highest BCUT2D eigenvalue weighted by Crippen LogP contribution is 2.33. The van der Waals surface area contributed by atoms with E-state index in [-0.39, 0.29) is 0 Å². The lowest BCUT2D eigenvalue weighted by Crippen LogP contribution is -2.36. The van der Waals surface area contributed by atoms with Gasteiger partial charge in [-0.05, 0) is 30.5 Å². The van der Waals surface area contributed by atoms with E-state index in [1.807, 2.05) is 0 Å². The van der Waals surface area contributed by atoms with Crippen LogP contribution in [-0.2, 0) is 17.7 Å². The van der Waals surface area contributed by atoms with Gasteiger partial charge in [0.2, 0.25) is 0 Å². The van der Waals surface area contributed by atoms with E-state index in [0.717, 1.165) is 49.4 Å². The lowest BCUT2D eigenvalue weighted by Gasteiger charge is -2.23. The highest BCUT2D eigenvalue weighted by Gasteiger charge is 2.19. The molecule has 1 aromatic carbocycles. The zero-order chi connectivity index (χ0) is 12.4. The molecule has 0 aliphatic carbocycles. The van der Waals surface area contributed by atoms with E-state index in [0.29, 0.717) is 6.04 Å². The Labute approximate surface area is 116 Å². The summed E-state index contributed by atoms with van der Waals surface area (Å²) in [6.07, 6.45) is 3.39. The molecule has 1 saturated heterocycles. The van der Waals surface area contributed by atoms with Crippen molar-refractivity contribution in [2.45, 2.75) is 31.8 Å². The van der Waals surface area contributed by atoms with Crippen molar-refractivity contribution in [1.82, 2.24) is 5.32 Å². The molecule has 1 N–H and O–H groups in total. The Kier molecular flexibility index (Phi) is 3.87. The fourth-order valence-electron chi connectivity index (χ4n) is 2.63. The molecule has 2 aliphatic rings. The first-order valence-corrected chi connectivity index (χ1v) is 7.37. The van der Waals surface area contributed by atoms with Gasteiger partial charge in [-0.15, -0.1) is 0 Å². The number of fused-ring (bicyclic) bond motifs is 1. The molecule has 3 rings (SSSR count). The molecule has 1 atom stereocenters. The van der Waals surface area contributed by atoms with Crippen LogP contribution in [0.3, 0.4) is 0 Å². The van der Waals surface area contributed by atoms with Crippen molar-refractivity contribution in [3.8, 4) is 5.75 Å². The minimum atomic E-state index is 0.481. The second kappa shape index (κ2) is 5.59. The van der Waals surface area contributed by atoms with E-state index < -0.39 is 0 Å². The normalized spacial score (nSPS) is 22.6. The molecule has 3 nitrogen and oxygen atoms in total. The largest absolute Gasteiger partial charge is 0.493 e.